The first-order valence-electron chi connectivity index (χ1n) is 10.9. The van der Waals surface area contributed by atoms with Crippen molar-refractivity contribution in [1.82, 2.24) is 4.90 Å². The van der Waals surface area contributed by atoms with E-state index in [0.717, 1.165) is 12.2 Å². The fourth-order valence-electron chi connectivity index (χ4n) is 3.82. The van der Waals surface area contributed by atoms with Gasteiger partial charge in [0.1, 0.15) is 0 Å². The first kappa shape index (κ1) is 31.5. The van der Waals surface area contributed by atoms with Crippen molar-refractivity contribution in [3.05, 3.63) is 71.1 Å². The zero-order chi connectivity index (χ0) is 25.9. The third-order valence-corrected chi connectivity index (χ3v) is 9.54. The van der Waals surface area contributed by atoms with Crippen LogP contribution < -0.4 is 22.5 Å². The van der Waals surface area contributed by atoms with Gasteiger partial charge in [0.2, 0.25) is 0 Å². The topological polar surface area (TPSA) is 137 Å². The predicted octanol–water partition coefficient (Wildman–Crippen LogP) is -2.26. The molecule has 0 radical (unpaired) electrons. The van der Waals surface area contributed by atoms with Crippen LogP contribution in [0.3, 0.4) is 0 Å². The fourth-order valence-corrected chi connectivity index (χ4v) is 7.72. The van der Waals surface area contributed by atoms with E-state index < -0.39 is 26.2 Å². The Labute approximate surface area is 216 Å². The fraction of sp³-hybridized carbons (Fsp3) is 0.364. The summed E-state index contributed by atoms with van der Waals surface area (Å²) in [5, 5.41) is 0.195. The maximum absolute atomic E-state index is 9.32. The number of halogens is 1. The summed E-state index contributed by atoms with van der Waals surface area (Å²) >= 11 is 0. The molecular weight excluding hydrogens is 524 g/mol. The molecule has 0 aliphatic carbocycles. The lowest BCUT2D eigenvalue weighted by Gasteiger charge is -2.25. The van der Waals surface area contributed by atoms with E-state index in [1.807, 2.05) is 12.1 Å². The number of nitrogens with zero attached hydrogens (tertiary/aromatic N) is 2. The Hall–Kier alpha value is -1.56. The minimum absolute atomic E-state index is 0. The molecule has 6 N–H and O–H groups in total. The van der Waals surface area contributed by atoms with Gasteiger partial charge in [-0.05, 0) is 57.1 Å². The minimum atomic E-state index is -4.23. The summed E-state index contributed by atoms with van der Waals surface area (Å²) in [6.07, 6.45) is 4.15. The molecule has 196 valence electrons. The molecule has 1 heterocycles. The minimum Gasteiger partial charge on any atom is -1.00 e. The normalized spacial score (nSPS) is 13.9. The van der Waals surface area contributed by atoms with E-state index in [4.69, 9.17) is 14.4 Å². The smallest absolute Gasteiger partial charge is 0.660 e. The van der Waals surface area contributed by atoms with Crippen LogP contribution in [0, 0.1) is 20.8 Å². The van der Waals surface area contributed by atoms with Gasteiger partial charge in [-0.3, -0.25) is 0 Å². The highest BCUT2D eigenvalue weighted by Gasteiger charge is 2.36. The number of rotatable bonds is 6. The van der Waals surface area contributed by atoms with Crippen LogP contribution in [0.25, 0.3) is 0 Å². The van der Waals surface area contributed by atoms with Crippen LogP contribution in [0.4, 0.5) is 5.69 Å². The molecular formula is C22H36ClN2O7Si3-. The van der Waals surface area contributed by atoms with E-state index >= 15 is 0 Å². The van der Waals surface area contributed by atoms with Crippen LogP contribution in [0.5, 0.6) is 0 Å². The molecule has 9 nitrogen and oxygen atoms in total. The van der Waals surface area contributed by atoms with Crippen molar-refractivity contribution < 1.29 is 45.3 Å². The standard InChI is InChI=1S/C19H24N2O3Si.C3H12O4Si2.ClH/c1-14-10-15(2)19(16(3)11-14)21-9-8-20(13-21)12-17-4-6-18(7-5-17)25(22,23)24;1-8(2,3)7-9(4,5)6;/h4-11,22-24H,12-13H2,1-3H3;4-6H,1-3H3;1H/p-1. The van der Waals surface area contributed by atoms with Gasteiger partial charge in [0.05, 0.1) is 6.67 Å². The van der Waals surface area contributed by atoms with Gasteiger partial charge >= 0.3 is 17.9 Å². The molecule has 35 heavy (non-hydrogen) atoms. The molecule has 1 aliphatic rings. The van der Waals surface area contributed by atoms with Gasteiger partial charge in [0, 0.05) is 29.8 Å². The zero-order valence-electron chi connectivity index (χ0n) is 20.9. The molecule has 2 aromatic carbocycles. The Balaban J connectivity index is 0.000000526. The van der Waals surface area contributed by atoms with Crippen molar-refractivity contribution in [1.29, 1.82) is 0 Å². The van der Waals surface area contributed by atoms with Gasteiger partial charge in [-0.15, -0.1) is 0 Å². The SMILES string of the molecule is C[Si](C)(C)O[Si](O)(O)O.Cc1cc(C)c(N2C=CN(Cc3ccc([Si](O)(O)O)cc3)C2)c(C)c1.[Cl-]. The molecule has 0 saturated carbocycles. The molecule has 3 rings (SSSR count). The second kappa shape index (κ2) is 12.1. The third-order valence-electron chi connectivity index (χ3n) is 4.88. The summed E-state index contributed by atoms with van der Waals surface area (Å²) in [6, 6.07) is 11.2. The van der Waals surface area contributed by atoms with Crippen molar-refractivity contribution in [2.75, 3.05) is 11.6 Å². The molecule has 2 aromatic rings. The Morgan fingerprint density at radius 1 is 0.829 bits per heavy atom. The highest BCUT2D eigenvalue weighted by molar-refractivity contribution is 6.77. The average molecular weight is 560 g/mol. The lowest BCUT2D eigenvalue weighted by atomic mass is 10.0. The van der Waals surface area contributed by atoms with Crippen molar-refractivity contribution >= 4 is 37.0 Å². The van der Waals surface area contributed by atoms with Gasteiger partial charge in [0.15, 0.2) is 8.32 Å². The van der Waals surface area contributed by atoms with E-state index in [1.165, 1.54) is 22.4 Å². The summed E-state index contributed by atoms with van der Waals surface area (Å²) in [4.78, 5) is 57.6. The molecule has 0 atom stereocenters. The predicted molar refractivity (Wildman–Crippen MR) is 138 cm³/mol. The third kappa shape index (κ3) is 10.5. The monoisotopic (exact) mass is 559 g/mol. The van der Waals surface area contributed by atoms with E-state index in [-0.39, 0.29) is 17.6 Å². The highest BCUT2D eigenvalue weighted by Crippen LogP contribution is 2.29. The Kier molecular flexibility index (Phi) is 10.9. The van der Waals surface area contributed by atoms with Crippen molar-refractivity contribution in [2.45, 2.75) is 47.0 Å². The first-order valence-corrected chi connectivity index (χ1v) is 17.9. The van der Waals surface area contributed by atoms with Crippen molar-refractivity contribution in [3.63, 3.8) is 0 Å². The van der Waals surface area contributed by atoms with Crippen LogP contribution in [0.1, 0.15) is 22.3 Å². The van der Waals surface area contributed by atoms with E-state index in [2.05, 4.69) is 59.2 Å². The molecule has 0 saturated heterocycles. The molecule has 13 heteroatoms. The largest absolute Gasteiger partial charge is 1.00 e. The van der Waals surface area contributed by atoms with Crippen molar-refractivity contribution in [3.8, 4) is 0 Å². The highest BCUT2D eigenvalue weighted by atomic mass is 35.5. The Bertz CT molecular complexity index is 969. The Morgan fingerprint density at radius 2 is 1.34 bits per heavy atom. The van der Waals surface area contributed by atoms with Crippen molar-refractivity contribution in [2.24, 2.45) is 0 Å². The summed E-state index contributed by atoms with van der Waals surface area (Å²) in [7, 11) is -10.4. The van der Waals surface area contributed by atoms with E-state index in [0.29, 0.717) is 6.54 Å². The molecule has 0 bridgehead atoms. The molecule has 0 spiro atoms. The van der Waals surface area contributed by atoms with Crippen LogP contribution in [-0.2, 0) is 10.7 Å². The molecule has 0 amide bonds. The van der Waals surface area contributed by atoms with E-state index in [1.54, 1.807) is 31.8 Å². The second-order valence-electron chi connectivity index (χ2n) is 9.52. The summed E-state index contributed by atoms with van der Waals surface area (Å²) < 4.78 is 4.57. The van der Waals surface area contributed by atoms with E-state index in [9.17, 15) is 14.4 Å². The molecule has 0 unspecified atom stereocenters. The lowest BCUT2D eigenvalue weighted by Crippen LogP contribution is -3.00. The van der Waals surface area contributed by atoms with Crippen LogP contribution in [0.2, 0.25) is 19.6 Å². The Morgan fingerprint density at radius 3 is 1.74 bits per heavy atom. The number of hydrogen-bond donors (Lipinski definition) is 6. The molecule has 0 fully saturated rings. The lowest BCUT2D eigenvalue weighted by molar-refractivity contribution is -0.0000324. The van der Waals surface area contributed by atoms with Crippen LogP contribution in [-0.4, -0.2) is 66.5 Å². The summed E-state index contributed by atoms with van der Waals surface area (Å²) in [5.74, 6) is 0. The van der Waals surface area contributed by atoms with Gasteiger partial charge in [-0.1, -0.05) is 42.0 Å². The second-order valence-corrected chi connectivity index (χ2v) is 17.6. The number of hydrogen-bond acceptors (Lipinski definition) is 9. The molecule has 1 aliphatic heterocycles. The summed E-state index contributed by atoms with van der Waals surface area (Å²) in [6.45, 7) is 13.2. The maximum atomic E-state index is 9.32. The van der Waals surface area contributed by atoms with Gasteiger partial charge in [0.25, 0.3) is 0 Å². The molecule has 0 aromatic heterocycles. The quantitative estimate of drug-likeness (QED) is 0.217. The first-order chi connectivity index (χ1) is 15.4. The van der Waals surface area contributed by atoms with Crippen LogP contribution >= 0.6 is 0 Å². The number of benzene rings is 2. The van der Waals surface area contributed by atoms with Gasteiger partial charge in [-0.25, -0.2) is 0 Å². The van der Waals surface area contributed by atoms with Gasteiger partial charge in [-0.2, -0.15) is 0 Å². The number of anilines is 1. The average Bonchev–Trinajstić information content (AvgIpc) is 3.06. The maximum Gasteiger partial charge on any atom is 0.660 e. The summed E-state index contributed by atoms with van der Waals surface area (Å²) in [5.41, 5.74) is 6.10. The zero-order valence-corrected chi connectivity index (χ0v) is 24.7. The number of aryl methyl sites for hydroxylation is 3. The van der Waals surface area contributed by atoms with Gasteiger partial charge < -0.3 is 55.1 Å². The van der Waals surface area contributed by atoms with Crippen LogP contribution in [0.15, 0.2) is 48.8 Å².